The zero-order valence-electron chi connectivity index (χ0n) is 12.8. The molecule has 0 saturated heterocycles. The fourth-order valence-corrected chi connectivity index (χ4v) is 2.22. The van der Waals surface area contributed by atoms with E-state index in [-0.39, 0.29) is 5.57 Å². The van der Waals surface area contributed by atoms with E-state index in [4.69, 9.17) is 9.47 Å². The van der Waals surface area contributed by atoms with Crippen LogP contribution in [0.2, 0.25) is 0 Å². The lowest BCUT2D eigenvalue weighted by atomic mass is 9.98. The van der Waals surface area contributed by atoms with Gasteiger partial charge in [-0.3, -0.25) is 0 Å². The number of carboxylic acid groups (broad SMARTS) is 1. The summed E-state index contributed by atoms with van der Waals surface area (Å²) in [4.78, 5) is 11.6. The van der Waals surface area contributed by atoms with E-state index in [1.165, 1.54) is 0 Å². The fourth-order valence-electron chi connectivity index (χ4n) is 2.22. The second-order valence-corrected chi connectivity index (χ2v) is 4.82. The van der Waals surface area contributed by atoms with Crippen LogP contribution in [0.5, 0.6) is 11.5 Å². The van der Waals surface area contributed by atoms with Crippen molar-refractivity contribution in [1.82, 2.24) is 0 Å². The van der Waals surface area contributed by atoms with E-state index in [1.54, 1.807) is 38.5 Å². The first kappa shape index (κ1) is 15.6. The van der Waals surface area contributed by atoms with Gasteiger partial charge in [0.15, 0.2) is 0 Å². The predicted molar refractivity (Wildman–Crippen MR) is 86.2 cm³/mol. The van der Waals surface area contributed by atoms with Crippen molar-refractivity contribution >= 4 is 17.6 Å². The number of hydrogen-bond acceptors (Lipinski definition) is 3. The first-order valence-corrected chi connectivity index (χ1v) is 6.79. The Kier molecular flexibility index (Phi) is 4.84. The average molecular weight is 298 g/mol. The molecule has 0 bridgehead atoms. The molecule has 114 valence electrons. The van der Waals surface area contributed by atoms with Crippen LogP contribution < -0.4 is 9.47 Å². The van der Waals surface area contributed by atoms with E-state index < -0.39 is 5.97 Å². The summed E-state index contributed by atoms with van der Waals surface area (Å²) in [6, 6.07) is 12.6. The van der Waals surface area contributed by atoms with Gasteiger partial charge in [-0.05, 0) is 54.0 Å². The summed E-state index contributed by atoms with van der Waals surface area (Å²) in [6.07, 6.45) is 1.64. The second kappa shape index (κ2) is 6.80. The second-order valence-electron chi connectivity index (χ2n) is 4.82. The minimum atomic E-state index is -0.976. The maximum atomic E-state index is 11.6. The molecule has 2 aromatic rings. The Morgan fingerprint density at radius 2 is 1.73 bits per heavy atom. The van der Waals surface area contributed by atoms with Crippen LogP contribution in [0, 0.1) is 6.92 Å². The van der Waals surface area contributed by atoms with Crippen LogP contribution in [-0.2, 0) is 4.79 Å². The number of carboxylic acids is 1. The lowest BCUT2D eigenvalue weighted by molar-refractivity contribution is -0.130. The van der Waals surface area contributed by atoms with Gasteiger partial charge in [0.1, 0.15) is 11.5 Å². The third-order valence-electron chi connectivity index (χ3n) is 3.36. The van der Waals surface area contributed by atoms with Crippen molar-refractivity contribution in [2.45, 2.75) is 6.92 Å². The van der Waals surface area contributed by atoms with Gasteiger partial charge in [0.05, 0.1) is 19.8 Å². The van der Waals surface area contributed by atoms with E-state index in [0.717, 1.165) is 11.1 Å². The number of aliphatic carboxylic acids is 1. The molecule has 0 heterocycles. The third kappa shape index (κ3) is 3.47. The summed E-state index contributed by atoms with van der Waals surface area (Å²) in [5, 5.41) is 9.53. The fraction of sp³-hybridized carbons (Fsp3) is 0.167. The first-order valence-electron chi connectivity index (χ1n) is 6.79. The molecule has 0 unspecified atom stereocenters. The summed E-state index contributed by atoms with van der Waals surface area (Å²) in [5.74, 6) is 0.411. The molecule has 0 aliphatic carbocycles. The highest BCUT2D eigenvalue weighted by Gasteiger charge is 2.13. The van der Waals surface area contributed by atoms with Crippen LogP contribution in [0.3, 0.4) is 0 Å². The van der Waals surface area contributed by atoms with E-state index >= 15 is 0 Å². The average Bonchev–Trinajstić information content (AvgIpc) is 2.53. The Morgan fingerprint density at radius 1 is 1.05 bits per heavy atom. The van der Waals surface area contributed by atoms with E-state index in [1.807, 2.05) is 31.2 Å². The molecular formula is C18H18O4. The molecule has 0 aliphatic heterocycles. The molecule has 0 spiro atoms. The van der Waals surface area contributed by atoms with Crippen molar-refractivity contribution in [2.75, 3.05) is 14.2 Å². The number of methoxy groups -OCH3 is 2. The Morgan fingerprint density at radius 3 is 2.32 bits per heavy atom. The SMILES string of the molecule is COc1cccc(/C=C(\C(=O)O)c2ccc(OC)cc2C)c1. The molecule has 0 saturated carbocycles. The van der Waals surface area contributed by atoms with Crippen molar-refractivity contribution in [3.8, 4) is 11.5 Å². The van der Waals surface area contributed by atoms with Crippen LogP contribution in [0.4, 0.5) is 0 Å². The maximum absolute atomic E-state index is 11.6. The maximum Gasteiger partial charge on any atom is 0.336 e. The summed E-state index contributed by atoms with van der Waals surface area (Å²) in [7, 11) is 3.16. The smallest absolute Gasteiger partial charge is 0.336 e. The van der Waals surface area contributed by atoms with Gasteiger partial charge < -0.3 is 14.6 Å². The van der Waals surface area contributed by atoms with Gasteiger partial charge in [-0.2, -0.15) is 0 Å². The number of ether oxygens (including phenoxy) is 2. The van der Waals surface area contributed by atoms with Crippen molar-refractivity contribution in [3.05, 3.63) is 59.2 Å². The highest BCUT2D eigenvalue weighted by molar-refractivity contribution is 6.21. The minimum Gasteiger partial charge on any atom is -0.497 e. The Balaban J connectivity index is 2.50. The lowest BCUT2D eigenvalue weighted by Gasteiger charge is -2.09. The zero-order valence-corrected chi connectivity index (χ0v) is 12.8. The topological polar surface area (TPSA) is 55.8 Å². The van der Waals surface area contributed by atoms with Crippen molar-refractivity contribution in [3.63, 3.8) is 0 Å². The van der Waals surface area contributed by atoms with Gasteiger partial charge in [0.2, 0.25) is 0 Å². The molecule has 1 N–H and O–H groups in total. The Bertz CT molecular complexity index is 717. The number of carbonyl (C=O) groups is 1. The van der Waals surface area contributed by atoms with Crippen LogP contribution >= 0.6 is 0 Å². The van der Waals surface area contributed by atoms with Crippen LogP contribution in [0.15, 0.2) is 42.5 Å². The minimum absolute atomic E-state index is 0.230. The van der Waals surface area contributed by atoms with Gasteiger partial charge >= 0.3 is 5.97 Å². The molecule has 22 heavy (non-hydrogen) atoms. The molecule has 0 atom stereocenters. The zero-order chi connectivity index (χ0) is 16.1. The monoisotopic (exact) mass is 298 g/mol. The molecule has 2 rings (SSSR count). The van der Waals surface area contributed by atoms with Crippen LogP contribution in [0.25, 0.3) is 11.6 Å². The number of rotatable bonds is 5. The summed E-state index contributed by atoms with van der Waals surface area (Å²) < 4.78 is 10.3. The molecule has 0 radical (unpaired) electrons. The van der Waals surface area contributed by atoms with E-state index in [2.05, 4.69) is 0 Å². The molecule has 2 aromatic carbocycles. The number of benzene rings is 2. The largest absolute Gasteiger partial charge is 0.497 e. The summed E-state index contributed by atoms with van der Waals surface area (Å²) >= 11 is 0. The molecule has 4 heteroatoms. The van der Waals surface area contributed by atoms with Crippen molar-refractivity contribution in [2.24, 2.45) is 0 Å². The lowest BCUT2D eigenvalue weighted by Crippen LogP contribution is -2.02. The van der Waals surface area contributed by atoms with Crippen molar-refractivity contribution in [1.29, 1.82) is 0 Å². The highest BCUT2D eigenvalue weighted by atomic mass is 16.5. The van der Waals surface area contributed by atoms with Gasteiger partial charge in [0.25, 0.3) is 0 Å². The van der Waals surface area contributed by atoms with Crippen LogP contribution in [0.1, 0.15) is 16.7 Å². The van der Waals surface area contributed by atoms with E-state index in [0.29, 0.717) is 17.1 Å². The molecule has 4 nitrogen and oxygen atoms in total. The Hall–Kier alpha value is -2.75. The molecular weight excluding hydrogens is 280 g/mol. The molecule has 0 aromatic heterocycles. The van der Waals surface area contributed by atoms with E-state index in [9.17, 15) is 9.90 Å². The first-order chi connectivity index (χ1) is 10.5. The van der Waals surface area contributed by atoms with Gasteiger partial charge in [-0.25, -0.2) is 4.79 Å². The number of hydrogen-bond donors (Lipinski definition) is 1. The van der Waals surface area contributed by atoms with Gasteiger partial charge in [0, 0.05) is 0 Å². The predicted octanol–water partition coefficient (Wildman–Crippen LogP) is 3.64. The molecule has 0 fully saturated rings. The van der Waals surface area contributed by atoms with Gasteiger partial charge in [-0.1, -0.05) is 18.2 Å². The number of aryl methyl sites for hydroxylation is 1. The normalized spacial score (nSPS) is 11.1. The molecule has 0 aliphatic rings. The van der Waals surface area contributed by atoms with Gasteiger partial charge in [-0.15, -0.1) is 0 Å². The van der Waals surface area contributed by atoms with Crippen molar-refractivity contribution < 1.29 is 19.4 Å². The summed E-state index contributed by atoms with van der Waals surface area (Å²) in [5.41, 5.74) is 2.51. The summed E-state index contributed by atoms with van der Waals surface area (Å²) in [6.45, 7) is 1.86. The Labute approximate surface area is 129 Å². The van der Waals surface area contributed by atoms with Crippen LogP contribution in [-0.4, -0.2) is 25.3 Å². The highest BCUT2D eigenvalue weighted by Crippen LogP contribution is 2.26. The standard InChI is InChI=1S/C18H18O4/c1-12-9-15(22-3)7-8-16(12)17(18(19)20)11-13-5-4-6-14(10-13)21-2/h4-11H,1-3H3,(H,19,20)/b17-11-. The third-order valence-corrected chi connectivity index (χ3v) is 3.36. The molecule has 0 amide bonds. The quantitative estimate of drug-likeness (QED) is 0.676.